The van der Waals surface area contributed by atoms with Gasteiger partial charge >= 0.3 is 6.18 Å². The topological polar surface area (TPSA) is 39.7 Å². The van der Waals surface area contributed by atoms with Gasteiger partial charge in [0.25, 0.3) is 0 Å². The van der Waals surface area contributed by atoms with Crippen LogP contribution in [-0.4, -0.2) is 56.8 Å². The van der Waals surface area contributed by atoms with Crippen molar-refractivity contribution >= 4 is 5.96 Å². The summed E-state index contributed by atoms with van der Waals surface area (Å²) in [5, 5.41) is 6.36. The van der Waals surface area contributed by atoms with Crippen molar-refractivity contribution in [2.75, 3.05) is 39.8 Å². The van der Waals surface area contributed by atoms with Crippen molar-refractivity contribution in [1.29, 1.82) is 0 Å². The van der Waals surface area contributed by atoms with Crippen LogP contribution in [0.2, 0.25) is 0 Å². The summed E-state index contributed by atoms with van der Waals surface area (Å²) < 4.78 is 50.4. The first-order chi connectivity index (χ1) is 12.3. The molecule has 1 aliphatic heterocycles. The first-order valence-corrected chi connectivity index (χ1v) is 8.75. The summed E-state index contributed by atoms with van der Waals surface area (Å²) in [7, 11) is 1.66. The second-order valence-electron chi connectivity index (χ2n) is 6.71. The molecule has 4 nitrogen and oxygen atoms in total. The summed E-state index contributed by atoms with van der Waals surface area (Å²) in [5.41, 5.74) is 1.97. The van der Waals surface area contributed by atoms with Crippen LogP contribution < -0.4 is 10.6 Å². The quantitative estimate of drug-likeness (QED) is 0.457. The Kier molecular flexibility index (Phi) is 7.25. The summed E-state index contributed by atoms with van der Waals surface area (Å²) >= 11 is 0. The third-order valence-corrected chi connectivity index (χ3v) is 4.55. The van der Waals surface area contributed by atoms with E-state index in [-0.39, 0.29) is 11.7 Å². The number of guanidine groups is 1. The molecule has 1 fully saturated rings. The van der Waals surface area contributed by atoms with Gasteiger partial charge in [-0.05, 0) is 55.5 Å². The Balaban J connectivity index is 1.70. The summed E-state index contributed by atoms with van der Waals surface area (Å²) in [5.74, 6) is 0.557. The van der Waals surface area contributed by atoms with E-state index in [9.17, 15) is 17.6 Å². The number of nitrogens with zero attached hydrogens (tertiary/aromatic N) is 2. The average molecular weight is 374 g/mol. The lowest BCUT2D eigenvalue weighted by Gasteiger charge is -2.18. The highest BCUT2D eigenvalue weighted by atomic mass is 19.4. The molecular weight excluding hydrogens is 348 g/mol. The van der Waals surface area contributed by atoms with Crippen LogP contribution in [0.4, 0.5) is 17.6 Å². The van der Waals surface area contributed by atoms with Gasteiger partial charge in [-0.3, -0.25) is 9.89 Å². The SMILES string of the molecule is CN=C(NCCc1ccc(F)cc1C)NCC1CCN(CC(F)(F)F)C1. The zero-order chi connectivity index (χ0) is 19.2. The molecule has 0 aliphatic carbocycles. The number of likely N-dealkylation sites (tertiary alicyclic amines) is 1. The van der Waals surface area contributed by atoms with Crippen LogP contribution in [0.1, 0.15) is 17.5 Å². The normalized spacial score (nSPS) is 19.0. The molecular formula is C18H26F4N4. The second kappa shape index (κ2) is 9.21. The third-order valence-electron chi connectivity index (χ3n) is 4.55. The van der Waals surface area contributed by atoms with Gasteiger partial charge in [-0.1, -0.05) is 6.07 Å². The van der Waals surface area contributed by atoms with Gasteiger partial charge in [-0.15, -0.1) is 0 Å². The first kappa shape index (κ1) is 20.5. The minimum absolute atomic E-state index is 0.176. The number of hydrogen-bond donors (Lipinski definition) is 2. The molecule has 1 aromatic carbocycles. The molecule has 8 heteroatoms. The monoisotopic (exact) mass is 374 g/mol. The predicted octanol–water partition coefficient (Wildman–Crippen LogP) is 2.73. The number of halogens is 4. The minimum atomic E-state index is -4.14. The number of aryl methyl sites for hydroxylation is 1. The lowest BCUT2D eigenvalue weighted by atomic mass is 10.1. The lowest BCUT2D eigenvalue weighted by Crippen LogP contribution is -2.41. The van der Waals surface area contributed by atoms with Crippen LogP contribution in [0.15, 0.2) is 23.2 Å². The molecule has 0 bridgehead atoms. The molecule has 146 valence electrons. The molecule has 0 spiro atoms. The van der Waals surface area contributed by atoms with Crippen molar-refractivity contribution in [3.63, 3.8) is 0 Å². The Morgan fingerprint density at radius 2 is 2.08 bits per heavy atom. The zero-order valence-electron chi connectivity index (χ0n) is 15.2. The van der Waals surface area contributed by atoms with Gasteiger partial charge in [0.15, 0.2) is 5.96 Å². The largest absolute Gasteiger partial charge is 0.401 e. The molecule has 0 amide bonds. The maximum atomic E-state index is 13.1. The highest BCUT2D eigenvalue weighted by Crippen LogP contribution is 2.22. The van der Waals surface area contributed by atoms with Crippen LogP contribution in [0.25, 0.3) is 0 Å². The van der Waals surface area contributed by atoms with Crippen molar-refractivity contribution in [3.8, 4) is 0 Å². The number of benzene rings is 1. The van der Waals surface area contributed by atoms with Crippen molar-refractivity contribution in [1.82, 2.24) is 15.5 Å². The van der Waals surface area contributed by atoms with Crippen LogP contribution >= 0.6 is 0 Å². The Morgan fingerprint density at radius 3 is 2.73 bits per heavy atom. The molecule has 2 N–H and O–H groups in total. The van der Waals surface area contributed by atoms with Gasteiger partial charge in [-0.25, -0.2) is 4.39 Å². The molecule has 2 rings (SSSR count). The number of rotatable bonds is 6. The summed E-state index contributed by atoms with van der Waals surface area (Å²) in [6, 6.07) is 4.73. The minimum Gasteiger partial charge on any atom is -0.356 e. The second-order valence-corrected chi connectivity index (χ2v) is 6.71. The van der Waals surface area contributed by atoms with E-state index >= 15 is 0 Å². The fourth-order valence-electron chi connectivity index (χ4n) is 3.19. The fraction of sp³-hybridized carbons (Fsp3) is 0.611. The van der Waals surface area contributed by atoms with Crippen molar-refractivity contribution in [2.24, 2.45) is 10.9 Å². The average Bonchev–Trinajstić information content (AvgIpc) is 2.98. The number of nitrogens with one attached hydrogen (secondary N) is 2. The van der Waals surface area contributed by atoms with Gasteiger partial charge in [0.1, 0.15) is 5.82 Å². The van der Waals surface area contributed by atoms with E-state index < -0.39 is 12.7 Å². The number of hydrogen-bond acceptors (Lipinski definition) is 2. The standard InChI is InChI=1S/C18H26F4N4/c1-13-9-16(19)4-3-15(13)5-7-24-17(23-2)25-10-14-6-8-26(11-14)12-18(20,21)22/h3-4,9,14H,5-8,10-12H2,1-2H3,(H2,23,24,25). The molecule has 1 heterocycles. The molecule has 0 radical (unpaired) electrons. The van der Waals surface area contributed by atoms with Gasteiger partial charge in [0, 0.05) is 26.7 Å². The first-order valence-electron chi connectivity index (χ1n) is 8.75. The smallest absolute Gasteiger partial charge is 0.356 e. The van der Waals surface area contributed by atoms with E-state index in [1.807, 2.05) is 6.92 Å². The molecule has 0 saturated carbocycles. The van der Waals surface area contributed by atoms with E-state index in [4.69, 9.17) is 0 Å². The van der Waals surface area contributed by atoms with Gasteiger partial charge in [0.2, 0.25) is 0 Å². The number of alkyl halides is 3. The Labute approximate surface area is 151 Å². The Morgan fingerprint density at radius 1 is 1.31 bits per heavy atom. The van der Waals surface area contributed by atoms with Crippen LogP contribution in [-0.2, 0) is 6.42 Å². The molecule has 1 aliphatic rings. The van der Waals surface area contributed by atoms with E-state index in [0.29, 0.717) is 32.1 Å². The molecule has 1 saturated heterocycles. The molecule has 0 aromatic heterocycles. The van der Waals surface area contributed by atoms with Crippen LogP contribution in [0, 0.1) is 18.7 Å². The van der Waals surface area contributed by atoms with Gasteiger partial charge < -0.3 is 10.6 Å². The molecule has 1 atom stereocenters. The van der Waals surface area contributed by atoms with Crippen LogP contribution in [0.3, 0.4) is 0 Å². The molecule has 1 unspecified atom stereocenters. The van der Waals surface area contributed by atoms with Gasteiger partial charge in [0.05, 0.1) is 6.54 Å². The molecule has 1 aromatic rings. The highest BCUT2D eigenvalue weighted by molar-refractivity contribution is 5.79. The summed E-state index contributed by atoms with van der Waals surface area (Å²) in [6.07, 6.45) is -2.66. The van der Waals surface area contributed by atoms with E-state index in [0.717, 1.165) is 24.0 Å². The zero-order valence-corrected chi connectivity index (χ0v) is 15.2. The van der Waals surface area contributed by atoms with E-state index in [2.05, 4.69) is 15.6 Å². The van der Waals surface area contributed by atoms with E-state index in [1.165, 1.54) is 17.0 Å². The Hall–Kier alpha value is -1.83. The van der Waals surface area contributed by atoms with Crippen LogP contribution in [0.5, 0.6) is 0 Å². The number of aliphatic imine (C=N–C) groups is 1. The van der Waals surface area contributed by atoms with Gasteiger partial charge in [-0.2, -0.15) is 13.2 Å². The van der Waals surface area contributed by atoms with Crippen molar-refractivity contribution in [3.05, 3.63) is 35.1 Å². The lowest BCUT2D eigenvalue weighted by molar-refractivity contribution is -0.143. The molecule has 26 heavy (non-hydrogen) atoms. The van der Waals surface area contributed by atoms with E-state index in [1.54, 1.807) is 13.1 Å². The maximum Gasteiger partial charge on any atom is 0.401 e. The predicted molar refractivity (Wildman–Crippen MR) is 94.8 cm³/mol. The maximum absolute atomic E-state index is 13.1. The van der Waals surface area contributed by atoms with Crippen molar-refractivity contribution in [2.45, 2.75) is 25.9 Å². The summed E-state index contributed by atoms with van der Waals surface area (Å²) in [6.45, 7) is 3.17. The summed E-state index contributed by atoms with van der Waals surface area (Å²) in [4.78, 5) is 5.58. The fourth-order valence-corrected chi connectivity index (χ4v) is 3.19. The third kappa shape index (κ3) is 6.82. The highest BCUT2D eigenvalue weighted by Gasteiger charge is 2.34. The Bertz CT molecular complexity index is 616. The van der Waals surface area contributed by atoms with Crippen molar-refractivity contribution < 1.29 is 17.6 Å².